The molecule has 7 heteroatoms. The minimum absolute atomic E-state index is 0. The molecule has 3 aromatic heterocycles. The first-order chi connectivity index (χ1) is 23.5. The Balaban J connectivity index is 0.00000378. The van der Waals surface area contributed by atoms with Crippen LogP contribution in [-0.4, -0.2) is 23.7 Å². The van der Waals surface area contributed by atoms with Crippen LogP contribution in [0.4, 0.5) is 0 Å². The van der Waals surface area contributed by atoms with Gasteiger partial charge in [-0.15, -0.1) is 29.1 Å². The first-order valence-electron chi connectivity index (χ1n) is 16.4. The maximum atomic E-state index is 6.45. The Morgan fingerprint density at radius 2 is 1.43 bits per heavy atom. The SMILES string of the molecule is CC(C)c1cccc(C(C)C)c1-n1cnc(-c2[c-]c(Oc3cn(-c4ccccc4)c(-n4c5[c-]cccc5c5ccccc54)n3)ccc2)c1.[Pt+2]. The van der Waals surface area contributed by atoms with Crippen LogP contribution in [0, 0.1) is 12.1 Å². The first-order valence-corrected chi connectivity index (χ1v) is 16.4. The third-order valence-corrected chi connectivity index (χ3v) is 8.83. The Morgan fingerprint density at radius 3 is 2.20 bits per heavy atom. The third kappa shape index (κ3) is 5.91. The summed E-state index contributed by atoms with van der Waals surface area (Å²) < 4.78 is 12.8. The van der Waals surface area contributed by atoms with Gasteiger partial charge in [0.2, 0.25) is 11.8 Å². The monoisotopic (exact) mass is 820 g/mol. The van der Waals surface area contributed by atoms with Gasteiger partial charge in [-0.25, -0.2) is 0 Å². The number of benzene rings is 5. The van der Waals surface area contributed by atoms with E-state index in [4.69, 9.17) is 14.7 Å². The summed E-state index contributed by atoms with van der Waals surface area (Å²) in [5.74, 6) is 2.50. The fourth-order valence-electron chi connectivity index (χ4n) is 6.55. The molecule has 0 N–H and O–H groups in total. The summed E-state index contributed by atoms with van der Waals surface area (Å²) in [6, 6.07) is 44.1. The van der Waals surface area contributed by atoms with E-state index in [2.05, 4.69) is 120 Å². The van der Waals surface area contributed by atoms with Gasteiger partial charge in [-0.05, 0) is 52.7 Å². The molecule has 5 aromatic carbocycles. The van der Waals surface area contributed by atoms with Crippen molar-refractivity contribution >= 4 is 21.8 Å². The number of aromatic nitrogens is 5. The van der Waals surface area contributed by atoms with Crippen molar-refractivity contribution in [2.24, 2.45) is 0 Å². The average molecular weight is 821 g/mol. The summed E-state index contributed by atoms with van der Waals surface area (Å²) in [5.41, 5.74) is 8.46. The molecule has 8 rings (SSSR count). The van der Waals surface area contributed by atoms with E-state index in [1.807, 2.05) is 61.1 Å². The number of para-hydroxylation sites is 4. The second-order valence-electron chi connectivity index (χ2n) is 12.7. The van der Waals surface area contributed by atoms with Crippen LogP contribution in [0.5, 0.6) is 11.6 Å². The molecule has 0 aliphatic heterocycles. The van der Waals surface area contributed by atoms with E-state index < -0.39 is 0 Å². The molecule has 0 saturated carbocycles. The molecule has 0 radical (unpaired) electrons. The molecule has 0 aliphatic carbocycles. The Labute approximate surface area is 300 Å². The topological polar surface area (TPSA) is 49.8 Å². The summed E-state index contributed by atoms with van der Waals surface area (Å²) in [5, 5.41) is 2.27. The molecule has 8 aromatic rings. The number of hydrogen-bond acceptors (Lipinski definition) is 3. The molecule has 49 heavy (non-hydrogen) atoms. The molecule has 0 amide bonds. The minimum atomic E-state index is 0. The van der Waals surface area contributed by atoms with Crippen LogP contribution >= 0.6 is 0 Å². The normalized spacial score (nSPS) is 11.5. The van der Waals surface area contributed by atoms with E-state index in [0.717, 1.165) is 38.8 Å². The smallest absolute Gasteiger partial charge is 0.458 e. The Bertz CT molecular complexity index is 2320. The van der Waals surface area contributed by atoms with Gasteiger partial charge < -0.3 is 13.9 Å². The number of nitrogens with zero attached hydrogens (tertiary/aromatic N) is 5. The van der Waals surface area contributed by atoms with Gasteiger partial charge in [0, 0.05) is 22.6 Å². The summed E-state index contributed by atoms with van der Waals surface area (Å²) in [6.45, 7) is 8.94. The largest absolute Gasteiger partial charge is 2.00 e. The number of rotatable bonds is 8. The van der Waals surface area contributed by atoms with E-state index >= 15 is 0 Å². The van der Waals surface area contributed by atoms with E-state index in [0.29, 0.717) is 29.4 Å². The number of fused-ring (bicyclic) bond motifs is 3. The van der Waals surface area contributed by atoms with Gasteiger partial charge in [-0.3, -0.25) is 9.55 Å². The molecular weight excluding hydrogens is 786 g/mol. The molecule has 0 unspecified atom stereocenters. The maximum absolute atomic E-state index is 6.45. The Kier molecular flexibility index (Phi) is 8.83. The Hall–Kier alpha value is -5.19. The van der Waals surface area contributed by atoms with Crippen molar-refractivity contribution in [2.45, 2.75) is 39.5 Å². The molecule has 0 aliphatic rings. The summed E-state index contributed by atoms with van der Waals surface area (Å²) in [7, 11) is 0. The predicted octanol–water partition coefficient (Wildman–Crippen LogP) is 10.5. The summed E-state index contributed by atoms with van der Waals surface area (Å²) >= 11 is 0. The van der Waals surface area contributed by atoms with Crippen LogP contribution in [0.3, 0.4) is 0 Å². The maximum Gasteiger partial charge on any atom is 2.00 e. The van der Waals surface area contributed by atoms with Crippen LogP contribution < -0.4 is 4.74 Å². The van der Waals surface area contributed by atoms with Gasteiger partial charge >= 0.3 is 21.1 Å². The zero-order valence-electron chi connectivity index (χ0n) is 27.7. The van der Waals surface area contributed by atoms with Crippen molar-refractivity contribution in [3.63, 3.8) is 0 Å². The van der Waals surface area contributed by atoms with Crippen molar-refractivity contribution in [3.8, 4) is 40.2 Å². The minimum Gasteiger partial charge on any atom is -0.458 e. The van der Waals surface area contributed by atoms with Gasteiger partial charge in [0.25, 0.3) is 0 Å². The molecule has 0 saturated heterocycles. The Morgan fingerprint density at radius 1 is 0.714 bits per heavy atom. The van der Waals surface area contributed by atoms with E-state index in [1.54, 1.807) is 0 Å². The molecule has 0 fully saturated rings. The van der Waals surface area contributed by atoms with Crippen molar-refractivity contribution in [3.05, 3.63) is 151 Å². The van der Waals surface area contributed by atoms with Gasteiger partial charge in [0.05, 0.1) is 18.2 Å². The zero-order valence-corrected chi connectivity index (χ0v) is 30.0. The van der Waals surface area contributed by atoms with Gasteiger partial charge in [-0.1, -0.05) is 93.9 Å². The zero-order chi connectivity index (χ0) is 32.8. The van der Waals surface area contributed by atoms with Gasteiger partial charge in [0.1, 0.15) is 0 Å². The van der Waals surface area contributed by atoms with E-state index in [-0.39, 0.29) is 21.1 Å². The number of hydrogen-bond donors (Lipinski definition) is 0. The quantitative estimate of drug-likeness (QED) is 0.144. The third-order valence-electron chi connectivity index (χ3n) is 8.83. The van der Waals surface area contributed by atoms with E-state index in [1.165, 1.54) is 16.8 Å². The van der Waals surface area contributed by atoms with Crippen molar-refractivity contribution in [1.29, 1.82) is 0 Å². The van der Waals surface area contributed by atoms with Crippen molar-refractivity contribution in [1.82, 2.24) is 23.7 Å². The predicted molar refractivity (Wildman–Crippen MR) is 193 cm³/mol. The fraction of sp³-hybridized carbons (Fsp3) is 0.143. The average Bonchev–Trinajstić information content (AvgIpc) is 3.85. The molecule has 6 nitrogen and oxygen atoms in total. The standard InChI is InChI=1S/C42H35N5O.Pt/c1-28(2)33-20-13-21-34(29(3)4)41(33)45-25-37(43-27-45)30-14-12-17-32(24-30)48-40-26-46(31-15-6-5-7-16-31)42(44-40)47-38-22-10-8-18-35(38)36-19-9-11-23-39(36)47;/h5-22,25-29H,1-4H3;/q-2;+2. The van der Waals surface area contributed by atoms with Crippen molar-refractivity contribution < 1.29 is 25.8 Å². The van der Waals surface area contributed by atoms with Crippen LogP contribution in [0.1, 0.15) is 50.7 Å². The van der Waals surface area contributed by atoms with Crippen LogP contribution in [0.25, 0.3) is 50.4 Å². The summed E-state index contributed by atoms with van der Waals surface area (Å²) in [4.78, 5) is 9.88. The van der Waals surface area contributed by atoms with Gasteiger partial charge in [0.15, 0.2) is 0 Å². The second-order valence-corrected chi connectivity index (χ2v) is 12.7. The van der Waals surface area contributed by atoms with Crippen LogP contribution in [0.15, 0.2) is 128 Å². The summed E-state index contributed by atoms with van der Waals surface area (Å²) in [6.07, 6.45) is 5.92. The molecule has 0 spiro atoms. The number of ether oxygens (including phenoxy) is 1. The molecular formula is C42H35N5OPt. The van der Waals surface area contributed by atoms with E-state index in [9.17, 15) is 0 Å². The molecule has 244 valence electrons. The molecule has 0 bridgehead atoms. The molecule has 3 heterocycles. The number of imidazole rings is 2. The molecule has 0 atom stereocenters. The second kappa shape index (κ2) is 13.4. The fourth-order valence-corrected chi connectivity index (χ4v) is 6.55. The van der Waals surface area contributed by atoms with Crippen LogP contribution in [-0.2, 0) is 21.1 Å². The first kappa shape index (κ1) is 32.4. The van der Waals surface area contributed by atoms with Gasteiger partial charge in [-0.2, -0.15) is 29.2 Å². The van der Waals surface area contributed by atoms with Crippen molar-refractivity contribution in [2.75, 3.05) is 0 Å². The van der Waals surface area contributed by atoms with Crippen LogP contribution in [0.2, 0.25) is 0 Å².